The van der Waals surface area contributed by atoms with E-state index < -0.39 is 11.0 Å². The smallest absolute Gasteiger partial charge is 0.188 e. The van der Waals surface area contributed by atoms with Gasteiger partial charge in [0.1, 0.15) is 11.7 Å². The van der Waals surface area contributed by atoms with E-state index in [2.05, 4.69) is 40.7 Å². The van der Waals surface area contributed by atoms with Gasteiger partial charge in [0, 0.05) is 22.7 Å². The zero-order chi connectivity index (χ0) is 24.5. The van der Waals surface area contributed by atoms with Crippen LogP contribution in [0.1, 0.15) is 86.5 Å². The van der Waals surface area contributed by atoms with E-state index in [-0.39, 0.29) is 56.6 Å². The fourth-order valence-electron chi connectivity index (χ4n) is 10.2. The highest BCUT2D eigenvalue weighted by Crippen LogP contribution is 2.77. The second kappa shape index (κ2) is 6.33. The van der Waals surface area contributed by atoms with E-state index in [4.69, 9.17) is 4.74 Å². The van der Waals surface area contributed by atoms with Crippen LogP contribution in [0.25, 0.3) is 0 Å². The largest absolute Gasteiger partial charge is 0.365 e. The molecule has 4 nitrogen and oxygen atoms in total. The van der Waals surface area contributed by atoms with Crippen LogP contribution in [-0.4, -0.2) is 23.8 Å². The maximum atomic E-state index is 14.4. The van der Waals surface area contributed by atoms with Crippen molar-refractivity contribution in [3.05, 3.63) is 23.3 Å². The lowest BCUT2D eigenvalue weighted by molar-refractivity contribution is -0.204. The number of ether oxygens (including phenoxy) is 1. The van der Waals surface area contributed by atoms with Crippen molar-refractivity contribution in [2.75, 3.05) is 6.61 Å². The van der Waals surface area contributed by atoms with Gasteiger partial charge in [0.25, 0.3) is 0 Å². The first-order valence-corrected chi connectivity index (χ1v) is 13.4. The number of Topliss-reactive ketones (excluding diaryl/α,β-unsaturated/α-hetero) is 1. The molecule has 34 heavy (non-hydrogen) atoms. The van der Waals surface area contributed by atoms with Crippen molar-refractivity contribution in [1.29, 1.82) is 5.26 Å². The minimum atomic E-state index is -0.748. The molecule has 0 amide bonds. The summed E-state index contributed by atoms with van der Waals surface area (Å²) < 4.78 is 6.86. The summed E-state index contributed by atoms with van der Waals surface area (Å²) in [6.07, 6.45) is 11.3. The molecule has 5 aliphatic carbocycles. The molecule has 6 aliphatic rings. The van der Waals surface area contributed by atoms with Crippen LogP contribution in [0.2, 0.25) is 0 Å². The van der Waals surface area contributed by atoms with E-state index >= 15 is 0 Å². The molecule has 1 aliphatic heterocycles. The van der Waals surface area contributed by atoms with Crippen molar-refractivity contribution in [2.45, 2.75) is 92.1 Å². The molecule has 0 radical (unpaired) electrons. The first kappa shape index (κ1) is 22.7. The van der Waals surface area contributed by atoms with Crippen molar-refractivity contribution < 1.29 is 14.3 Å². The Bertz CT molecular complexity index is 1120. The Hall–Kier alpha value is -1.73. The highest BCUT2D eigenvalue weighted by molar-refractivity contribution is 6.03. The van der Waals surface area contributed by atoms with E-state index in [9.17, 15) is 14.9 Å². The second-order valence-electron chi connectivity index (χ2n) is 14.1. The number of carbonyl (C=O) groups excluding carboxylic acids is 2. The van der Waals surface area contributed by atoms with E-state index in [0.717, 1.165) is 50.7 Å². The Balaban J connectivity index is 1.57. The molecule has 4 fully saturated rings. The predicted molar refractivity (Wildman–Crippen MR) is 129 cm³/mol. The summed E-state index contributed by atoms with van der Waals surface area (Å²) >= 11 is 0. The normalized spacial score (nSPS) is 52.9. The van der Waals surface area contributed by atoms with Crippen molar-refractivity contribution in [2.24, 2.45) is 44.8 Å². The molecule has 3 saturated carbocycles. The summed E-state index contributed by atoms with van der Waals surface area (Å²) in [7, 11) is 0. The molecule has 1 heterocycles. The van der Waals surface area contributed by atoms with Gasteiger partial charge in [0.05, 0.1) is 12.2 Å². The number of ketones is 2. The van der Waals surface area contributed by atoms with E-state index in [1.54, 1.807) is 0 Å². The van der Waals surface area contributed by atoms with Crippen molar-refractivity contribution in [3.8, 4) is 6.07 Å². The number of allylic oxidation sites excluding steroid dienone is 3. The van der Waals surface area contributed by atoms with Gasteiger partial charge < -0.3 is 4.74 Å². The van der Waals surface area contributed by atoms with Crippen LogP contribution >= 0.6 is 0 Å². The third-order valence-corrected chi connectivity index (χ3v) is 12.4. The zero-order valence-corrected chi connectivity index (χ0v) is 21.7. The van der Waals surface area contributed by atoms with Gasteiger partial charge in [-0.15, -0.1) is 0 Å². The molecule has 1 saturated heterocycles. The minimum absolute atomic E-state index is 0.0370. The topological polar surface area (TPSA) is 67.2 Å². The number of hydrogen-bond donors (Lipinski definition) is 0. The van der Waals surface area contributed by atoms with Gasteiger partial charge in [0.2, 0.25) is 0 Å². The van der Waals surface area contributed by atoms with Crippen LogP contribution in [-0.2, 0) is 14.3 Å². The van der Waals surface area contributed by atoms with Crippen molar-refractivity contribution in [3.63, 3.8) is 0 Å². The van der Waals surface area contributed by atoms with Crippen molar-refractivity contribution >= 4 is 11.6 Å². The molecule has 6 rings (SSSR count). The lowest BCUT2D eigenvalue weighted by atomic mass is 9.34. The number of carbonyl (C=O) groups is 2. The lowest BCUT2D eigenvalue weighted by Gasteiger charge is -2.69. The van der Waals surface area contributed by atoms with E-state index in [0.29, 0.717) is 0 Å². The van der Waals surface area contributed by atoms with Crippen molar-refractivity contribution in [1.82, 2.24) is 0 Å². The number of fused-ring (bicyclic) bond motifs is 4. The van der Waals surface area contributed by atoms with E-state index in [1.165, 1.54) is 6.42 Å². The van der Waals surface area contributed by atoms with Crippen LogP contribution in [0.15, 0.2) is 23.3 Å². The van der Waals surface area contributed by atoms with Gasteiger partial charge in [0.15, 0.2) is 11.6 Å². The molecule has 182 valence electrons. The molecule has 0 aromatic rings. The molecule has 1 unspecified atom stereocenters. The fourth-order valence-corrected chi connectivity index (χ4v) is 10.2. The number of hydrogen-bond acceptors (Lipinski definition) is 4. The van der Waals surface area contributed by atoms with Gasteiger partial charge in [-0.3, -0.25) is 9.59 Å². The van der Waals surface area contributed by atoms with Crippen LogP contribution in [0.4, 0.5) is 0 Å². The standard InChI is InChI=1S/C30H39NO3/c1-18-20-7-8-27(5)21(26(20,4)14-19(16-31)24(18)33)13-23(32)30-22-15-25(2,3)9-11-29(22,17-34-30)12-10-28(27,30)6/h13-14,18,20,22H,7-12,15,17H2,1-6H3/t18-,20-,22?,26-,27+,28-,29+,30+/m0/s1. The van der Waals surface area contributed by atoms with Gasteiger partial charge >= 0.3 is 0 Å². The summed E-state index contributed by atoms with van der Waals surface area (Å²) in [5.41, 5.74) is 0.0913. The monoisotopic (exact) mass is 461 g/mol. The third-order valence-electron chi connectivity index (χ3n) is 12.4. The molecule has 0 aromatic heterocycles. The SMILES string of the molecule is C[C@@H]1C(=O)C(C#N)=C[C@]2(C)C3=CC(=O)[C@]45OC[C@@]6(CCC(C)(C)CC64)CC[C@@]5(C)[C@]3(C)CC[C@@H]12. The van der Waals surface area contributed by atoms with E-state index in [1.807, 2.05) is 19.1 Å². The van der Waals surface area contributed by atoms with Crippen LogP contribution in [0.5, 0.6) is 0 Å². The second-order valence-corrected chi connectivity index (χ2v) is 14.1. The maximum Gasteiger partial charge on any atom is 0.188 e. The Morgan fingerprint density at radius 1 is 1.03 bits per heavy atom. The van der Waals surface area contributed by atoms with Crippen LogP contribution in [0.3, 0.4) is 0 Å². The number of rotatable bonds is 0. The predicted octanol–water partition coefficient (Wildman–Crippen LogP) is 5.97. The Labute approximate surface area is 204 Å². The minimum Gasteiger partial charge on any atom is -0.365 e. The number of nitriles is 1. The summed E-state index contributed by atoms with van der Waals surface area (Å²) in [5.74, 6) is 0.319. The maximum absolute atomic E-state index is 14.4. The molecule has 8 atom stereocenters. The summed E-state index contributed by atoms with van der Waals surface area (Å²) in [6.45, 7) is 14.3. The van der Waals surface area contributed by atoms with Crippen LogP contribution in [0, 0.1) is 56.2 Å². The molecule has 0 N–H and O–H groups in total. The zero-order valence-electron chi connectivity index (χ0n) is 21.7. The first-order chi connectivity index (χ1) is 15.8. The Morgan fingerprint density at radius 3 is 2.44 bits per heavy atom. The third kappa shape index (κ3) is 2.25. The average molecular weight is 462 g/mol. The first-order valence-electron chi connectivity index (χ1n) is 13.4. The Kier molecular flexibility index (Phi) is 4.23. The molecular formula is C30H39NO3. The molecule has 2 bridgehead atoms. The van der Waals surface area contributed by atoms with Gasteiger partial charge in [-0.1, -0.05) is 47.6 Å². The molecule has 0 aromatic carbocycles. The number of nitrogens with zero attached hydrogens (tertiary/aromatic N) is 1. The Morgan fingerprint density at radius 2 is 1.74 bits per heavy atom. The van der Waals surface area contributed by atoms with Gasteiger partial charge in [-0.25, -0.2) is 0 Å². The molecule has 4 heteroatoms. The fraction of sp³-hybridized carbons (Fsp3) is 0.767. The summed E-state index contributed by atoms with van der Waals surface area (Å²) in [6, 6.07) is 2.17. The lowest BCUT2D eigenvalue weighted by Crippen LogP contribution is -2.71. The van der Waals surface area contributed by atoms with Crippen LogP contribution < -0.4 is 0 Å². The highest BCUT2D eigenvalue weighted by atomic mass is 16.5. The highest BCUT2D eigenvalue weighted by Gasteiger charge is 2.78. The van der Waals surface area contributed by atoms with Gasteiger partial charge in [-0.2, -0.15) is 5.26 Å². The average Bonchev–Trinajstić information content (AvgIpc) is 3.03. The summed E-state index contributed by atoms with van der Waals surface area (Å²) in [4.78, 5) is 27.3. The quantitative estimate of drug-likeness (QED) is 0.446. The van der Waals surface area contributed by atoms with Gasteiger partial charge in [-0.05, 0) is 78.8 Å². The molecule has 1 spiro atoms. The molecular weight excluding hydrogens is 422 g/mol. The summed E-state index contributed by atoms with van der Waals surface area (Å²) in [5, 5.41) is 9.75.